The lowest BCUT2D eigenvalue weighted by atomic mass is 9.91. The molecule has 0 fully saturated rings. The van der Waals surface area contributed by atoms with E-state index < -0.39 is 0 Å². The highest BCUT2D eigenvalue weighted by atomic mass is 14.9. The number of allylic oxidation sites excluding steroid dienone is 2. The molecule has 1 N–H and O–H groups in total. The maximum Gasteiger partial charge on any atom is 0.0401 e. The van der Waals surface area contributed by atoms with Gasteiger partial charge in [0, 0.05) is 24.6 Å². The molecule has 0 aliphatic carbocycles. The summed E-state index contributed by atoms with van der Waals surface area (Å²) < 4.78 is 0. The molecule has 0 radical (unpaired) electrons. The smallest absolute Gasteiger partial charge is 0.0401 e. The van der Waals surface area contributed by atoms with Gasteiger partial charge in [-0.2, -0.15) is 0 Å². The number of nitrogens with one attached hydrogen (secondary N) is 1. The minimum absolute atomic E-state index is 0.193. The van der Waals surface area contributed by atoms with Gasteiger partial charge in [0.15, 0.2) is 0 Å². The molecule has 0 saturated carbocycles. The zero-order valence-corrected chi connectivity index (χ0v) is 14.6. The Morgan fingerprint density at radius 2 is 1.61 bits per heavy atom. The van der Waals surface area contributed by atoms with E-state index in [1.807, 2.05) is 12.1 Å². The molecule has 2 aromatic rings. The molecule has 0 amide bonds. The third kappa shape index (κ3) is 5.41. The van der Waals surface area contributed by atoms with Gasteiger partial charge >= 0.3 is 0 Å². The Bertz CT molecular complexity index is 674. The van der Waals surface area contributed by atoms with Crippen molar-refractivity contribution in [1.29, 1.82) is 0 Å². The molecule has 0 atom stereocenters. The normalized spacial score (nSPS) is 12.1. The lowest BCUT2D eigenvalue weighted by Crippen LogP contribution is -2.10. The van der Waals surface area contributed by atoms with Gasteiger partial charge in [0.05, 0.1) is 0 Å². The average Bonchev–Trinajstić information content (AvgIpc) is 2.52. The van der Waals surface area contributed by atoms with Crippen LogP contribution in [0.1, 0.15) is 44.4 Å². The number of benzene rings is 1. The summed E-state index contributed by atoms with van der Waals surface area (Å²) in [6.45, 7) is 13.7. The van der Waals surface area contributed by atoms with E-state index in [-0.39, 0.29) is 5.41 Å². The molecule has 0 aliphatic heterocycles. The maximum atomic E-state index is 4.13. The molecular formula is C21H26N2. The molecule has 2 heteroatoms. The third-order valence-corrected chi connectivity index (χ3v) is 3.59. The monoisotopic (exact) mass is 306 g/mol. The molecule has 1 heterocycles. The summed E-state index contributed by atoms with van der Waals surface area (Å²) in [5.74, 6) is 0. The second-order valence-corrected chi connectivity index (χ2v) is 6.96. The fourth-order valence-electron chi connectivity index (χ4n) is 2.48. The Kier molecular flexibility index (Phi) is 5.38. The second kappa shape index (κ2) is 7.28. The van der Waals surface area contributed by atoms with Crippen LogP contribution in [0.5, 0.6) is 0 Å². The molecule has 0 spiro atoms. The molecule has 23 heavy (non-hydrogen) atoms. The minimum Gasteiger partial charge on any atom is -0.381 e. The van der Waals surface area contributed by atoms with Crippen molar-refractivity contribution in [2.24, 2.45) is 5.41 Å². The first-order chi connectivity index (χ1) is 10.8. The van der Waals surface area contributed by atoms with Crippen LogP contribution in [0, 0.1) is 5.41 Å². The van der Waals surface area contributed by atoms with Crippen molar-refractivity contribution in [2.75, 3.05) is 0 Å². The molecule has 0 saturated heterocycles. The largest absolute Gasteiger partial charge is 0.381 e. The van der Waals surface area contributed by atoms with Gasteiger partial charge in [-0.3, -0.25) is 4.98 Å². The van der Waals surface area contributed by atoms with Crippen LogP contribution in [-0.4, -0.2) is 4.98 Å². The summed E-state index contributed by atoms with van der Waals surface area (Å²) in [6.07, 6.45) is 5.91. The number of hydrogen-bond acceptors (Lipinski definition) is 2. The van der Waals surface area contributed by atoms with E-state index in [2.05, 4.69) is 74.9 Å². The average molecular weight is 306 g/mol. The number of nitrogens with zero attached hydrogens (tertiary/aromatic N) is 1. The van der Waals surface area contributed by atoms with Crippen molar-refractivity contribution in [3.63, 3.8) is 0 Å². The Labute approximate surface area is 140 Å². The molecule has 0 unspecified atom stereocenters. The summed E-state index contributed by atoms with van der Waals surface area (Å²) in [5.41, 5.74) is 6.00. The summed E-state index contributed by atoms with van der Waals surface area (Å²) >= 11 is 0. The first kappa shape index (κ1) is 17.0. The van der Waals surface area contributed by atoms with Crippen LogP contribution in [0.4, 0.5) is 0 Å². The van der Waals surface area contributed by atoms with E-state index in [0.717, 1.165) is 17.8 Å². The fraction of sp³-hybridized carbons (Fsp3) is 0.286. The van der Waals surface area contributed by atoms with Crippen LogP contribution < -0.4 is 5.32 Å². The van der Waals surface area contributed by atoms with Gasteiger partial charge < -0.3 is 5.32 Å². The highest BCUT2D eigenvalue weighted by molar-refractivity contribution is 5.68. The van der Waals surface area contributed by atoms with Crippen molar-refractivity contribution < 1.29 is 0 Å². The van der Waals surface area contributed by atoms with E-state index in [1.165, 1.54) is 16.7 Å². The first-order valence-corrected chi connectivity index (χ1v) is 7.97. The predicted octanol–water partition coefficient (Wildman–Crippen LogP) is 5.29. The predicted molar refractivity (Wildman–Crippen MR) is 99.7 cm³/mol. The molecule has 120 valence electrons. The standard InChI is InChI=1S/C21H26N2/c1-16(14-21(3,4)5)19-6-8-20(9-7-19)17(2)23-15-18-10-12-22-13-11-18/h6-14,23H,2,15H2,1,3-5H3/b16-14+. The molecule has 0 bridgehead atoms. The van der Waals surface area contributed by atoms with E-state index in [0.29, 0.717) is 0 Å². The fourth-order valence-corrected chi connectivity index (χ4v) is 2.48. The van der Waals surface area contributed by atoms with E-state index in [9.17, 15) is 0 Å². The maximum absolute atomic E-state index is 4.13. The van der Waals surface area contributed by atoms with Crippen LogP contribution in [0.15, 0.2) is 61.4 Å². The van der Waals surface area contributed by atoms with E-state index in [1.54, 1.807) is 12.4 Å². The highest BCUT2D eigenvalue weighted by Crippen LogP contribution is 2.24. The van der Waals surface area contributed by atoms with Gasteiger partial charge in [0.1, 0.15) is 0 Å². The zero-order chi connectivity index (χ0) is 16.9. The second-order valence-electron chi connectivity index (χ2n) is 6.96. The van der Waals surface area contributed by atoms with Crippen LogP contribution >= 0.6 is 0 Å². The molecule has 2 nitrogen and oxygen atoms in total. The summed E-state index contributed by atoms with van der Waals surface area (Å²) in [6, 6.07) is 12.6. The lowest BCUT2D eigenvalue weighted by Gasteiger charge is -2.15. The van der Waals surface area contributed by atoms with Crippen molar-refractivity contribution in [3.8, 4) is 0 Å². The molecule has 0 aliphatic rings. The topological polar surface area (TPSA) is 24.9 Å². The van der Waals surface area contributed by atoms with Crippen molar-refractivity contribution >= 4 is 11.3 Å². The number of aromatic nitrogens is 1. The summed E-state index contributed by atoms with van der Waals surface area (Å²) in [5, 5.41) is 3.37. The number of pyridine rings is 1. The van der Waals surface area contributed by atoms with E-state index >= 15 is 0 Å². The number of hydrogen-bond donors (Lipinski definition) is 1. The molecule has 2 rings (SSSR count). The van der Waals surface area contributed by atoms with Gasteiger partial charge in [-0.1, -0.05) is 57.7 Å². The van der Waals surface area contributed by atoms with Crippen LogP contribution in [0.25, 0.3) is 11.3 Å². The van der Waals surface area contributed by atoms with E-state index in [4.69, 9.17) is 0 Å². The Morgan fingerprint density at radius 1 is 1.04 bits per heavy atom. The summed E-state index contributed by atoms with van der Waals surface area (Å²) in [4.78, 5) is 4.03. The SMILES string of the molecule is C=C(NCc1ccncc1)c1ccc(/C(C)=C/C(C)(C)C)cc1. The van der Waals surface area contributed by atoms with Gasteiger partial charge in [0.2, 0.25) is 0 Å². The molecule has 1 aromatic heterocycles. The van der Waals surface area contributed by atoms with Gasteiger partial charge in [-0.25, -0.2) is 0 Å². The summed E-state index contributed by atoms with van der Waals surface area (Å²) in [7, 11) is 0. The third-order valence-electron chi connectivity index (χ3n) is 3.59. The Balaban J connectivity index is 2.02. The number of rotatable bonds is 5. The lowest BCUT2D eigenvalue weighted by molar-refractivity contribution is 0.545. The highest BCUT2D eigenvalue weighted by Gasteiger charge is 2.07. The van der Waals surface area contributed by atoms with Crippen molar-refractivity contribution in [1.82, 2.24) is 10.3 Å². The van der Waals surface area contributed by atoms with Crippen molar-refractivity contribution in [2.45, 2.75) is 34.2 Å². The quantitative estimate of drug-likeness (QED) is 0.811. The van der Waals surface area contributed by atoms with Crippen LogP contribution in [-0.2, 0) is 6.54 Å². The van der Waals surface area contributed by atoms with Crippen LogP contribution in [0.3, 0.4) is 0 Å². The Morgan fingerprint density at radius 3 is 2.17 bits per heavy atom. The minimum atomic E-state index is 0.193. The Hall–Kier alpha value is -2.35. The first-order valence-electron chi connectivity index (χ1n) is 7.97. The zero-order valence-electron chi connectivity index (χ0n) is 14.6. The van der Waals surface area contributed by atoms with Crippen molar-refractivity contribution in [3.05, 3.63) is 78.1 Å². The van der Waals surface area contributed by atoms with Gasteiger partial charge in [-0.15, -0.1) is 0 Å². The molecule has 1 aromatic carbocycles. The molecular weight excluding hydrogens is 280 g/mol. The van der Waals surface area contributed by atoms with Gasteiger partial charge in [-0.05, 0) is 46.7 Å². The van der Waals surface area contributed by atoms with Gasteiger partial charge in [0.25, 0.3) is 0 Å². The van der Waals surface area contributed by atoms with Crippen LogP contribution in [0.2, 0.25) is 0 Å².